The first-order valence-electron chi connectivity index (χ1n) is 8.58. The number of hydrogen-bond donors (Lipinski definition) is 2. The molecule has 7 nitrogen and oxygen atoms in total. The largest absolute Gasteiger partial charge is 0.368 e. The maximum atomic E-state index is 12.7. The summed E-state index contributed by atoms with van der Waals surface area (Å²) in [4.78, 5) is 15.8. The lowest BCUT2D eigenvalue weighted by Gasteiger charge is -2.29. The van der Waals surface area contributed by atoms with Crippen LogP contribution in [0.2, 0.25) is 0 Å². The molecule has 0 saturated carbocycles. The number of carbonyl (C=O) groups is 1. The van der Waals surface area contributed by atoms with E-state index in [1.165, 1.54) is 10.5 Å². The standard InChI is InChI=1S/C17H30N4O3S/c1-12(2)17(22)19-10-9-18-16-8-7-15(11-20-16)25(23,24)21(13(3)4)14(5)6/h7-8,11-14H,9-10H2,1-6H3,(H,18,20)(H,19,22). The molecule has 0 aliphatic rings. The highest BCUT2D eigenvalue weighted by molar-refractivity contribution is 7.89. The molecule has 0 aromatic carbocycles. The maximum Gasteiger partial charge on any atom is 0.245 e. The minimum absolute atomic E-state index is 0.00124. The van der Waals surface area contributed by atoms with Gasteiger partial charge in [-0.1, -0.05) is 13.8 Å². The Morgan fingerprint density at radius 1 is 1.08 bits per heavy atom. The molecule has 0 aliphatic heterocycles. The van der Waals surface area contributed by atoms with E-state index >= 15 is 0 Å². The predicted molar refractivity (Wildman–Crippen MR) is 99.9 cm³/mol. The van der Waals surface area contributed by atoms with E-state index in [-0.39, 0.29) is 28.8 Å². The Morgan fingerprint density at radius 3 is 2.12 bits per heavy atom. The number of rotatable bonds is 9. The first-order chi connectivity index (χ1) is 11.6. The summed E-state index contributed by atoms with van der Waals surface area (Å²) in [5.41, 5.74) is 0. The smallest absolute Gasteiger partial charge is 0.245 e. The van der Waals surface area contributed by atoms with Gasteiger partial charge in [-0.15, -0.1) is 0 Å². The van der Waals surface area contributed by atoms with E-state index < -0.39 is 10.0 Å². The molecule has 1 aromatic rings. The summed E-state index contributed by atoms with van der Waals surface area (Å²) in [6.07, 6.45) is 1.36. The Hall–Kier alpha value is -1.67. The molecular weight excluding hydrogens is 340 g/mol. The lowest BCUT2D eigenvalue weighted by Crippen LogP contribution is -2.41. The summed E-state index contributed by atoms with van der Waals surface area (Å²) >= 11 is 0. The molecule has 0 spiro atoms. The van der Waals surface area contributed by atoms with Crippen LogP contribution in [0.1, 0.15) is 41.5 Å². The maximum absolute atomic E-state index is 12.7. The highest BCUT2D eigenvalue weighted by Crippen LogP contribution is 2.21. The zero-order valence-corrected chi connectivity index (χ0v) is 16.7. The van der Waals surface area contributed by atoms with Crippen molar-refractivity contribution in [3.8, 4) is 0 Å². The van der Waals surface area contributed by atoms with Crippen molar-refractivity contribution in [2.24, 2.45) is 5.92 Å². The predicted octanol–water partition coefficient (Wildman–Crippen LogP) is 2.07. The summed E-state index contributed by atoms with van der Waals surface area (Å²) < 4.78 is 27.0. The minimum Gasteiger partial charge on any atom is -0.368 e. The van der Waals surface area contributed by atoms with Gasteiger partial charge in [0.2, 0.25) is 15.9 Å². The number of amides is 1. The van der Waals surface area contributed by atoms with Crippen molar-refractivity contribution < 1.29 is 13.2 Å². The number of carbonyl (C=O) groups excluding carboxylic acids is 1. The Balaban J connectivity index is 2.71. The first-order valence-corrected chi connectivity index (χ1v) is 10.0. The van der Waals surface area contributed by atoms with Gasteiger partial charge in [-0.2, -0.15) is 4.31 Å². The topological polar surface area (TPSA) is 91.4 Å². The van der Waals surface area contributed by atoms with Gasteiger partial charge in [0.25, 0.3) is 0 Å². The molecule has 8 heteroatoms. The lowest BCUT2D eigenvalue weighted by molar-refractivity contribution is -0.123. The minimum atomic E-state index is -3.58. The van der Waals surface area contributed by atoms with Crippen molar-refractivity contribution in [3.63, 3.8) is 0 Å². The number of nitrogens with zero attached hydrogens (tertiary/aromatic N) is 2. The fourth-order valence-corrected chi connectivity index (χ4v) is 4.27. The van der Waals surface area contributed by atoms with Crippen LogP contribution in [0.3, 0.4) is 0 Å². The van der Waals surface area contributed by atoms with Crippen LogP contribution >= 0.6 is 0 Å². The van der Waals surface area contributed by atoms with E-state index in [2.05, 4.69) is 15.6 Å². The highest BCUT2D eigenvalue weighted by Gasteiger charge is 2.29. The molecule has 2 N–H and O–H groups in total. The molecule has 1 aromatic heterocycles. The number of sulfonamides is 1. The van der Waals surface area contributed by atoms with Crippen LogP contribution in [0.5, 0.6) is 0 Å². The van der Waals surface area contributed by atoms with Gasteiger partial charge in [0.05, 0.1) is 0 Å². The highest BCUT2D eigenvalue weighted by atomic mass is 32.2. The fourth-order valence-electron chi connectivity index (χ4n) is 2.49. The summed E-state index contributed by atoms with van der Waals surface area (Å²) in [7, 11) is -3.58. The van der Waals surface area contributed by atoms with Crippen molar-refractivity contribution in [2.45, 2.75) is 58.5 Å². The average Bonchev–Trinajstić information content (AvgIpc) is 2.50. The van der Waals surface area contributed by atoms with Crippen LogP contribution in [-0.4, -0.2) is 48.8 Å². The summed E-state index contributed by atoms with van der Waals surface area (Å²) in [6.45, 7) is 12.1. The Morgan fingerprint density at radius 2 is 1.68 bits per heavy atom. The van der Waals surface area contributed by atoms with E-state index in [4.69, 9.17) is 0 Å². The molecule has 25 heavy (non-hydrogen) atoms. The van der Waals surface area contributed by atoms with E-state index in [0.717, 1.165) is 0 Å². The SMILES string of the molecule is CC(C)C(=O)NCCNc1ccc(S(=O)(=O)N(C(C)C)C(C)C)cn1. The van der Waals surface area contributed by atoms with Crippen LogP contribution in [0.4, 0.5) is 5.82 Å². The Labute approximate surface area is 151 Å². The van der Waals surface area contributed by atoms with Gasteiger partial charge >= 0.3 is 0 Å². The number of nitrogens with one attached hydrogen (secondary N) is 2. The lowest BCUT2D eigenvalue weighted by atomic mass is 10.2. The molecule has 1 rings (SSSR count). The van der Waals surface area contributed by atoms with Crippen LogP contribution in [0, 0.1) is 5.92 Å². The average molecular weight is 371 g/mol. The van der Waals surface area contributed by atoms with E-state index in [1.807, 2.05) is 41.5 Å². The molecular formula is C17H30N4O3S. The van der Waals surface area contributed by atoms with Crippen LogP contribution in [0.15, 0.2) is 23.2 Å². The van der Waals surface area contributed by atoms with E-state index in [0.29, 0.717) is 18.9 Å². The zero-order chi connectivity index (χ0) is 19.2. The van der Waals surface area contributed by atoms with Gasteiger partial charge in [-0.3, -0.25) is 4.79 Å². The first kappa shape index (κ1) is 21.4. The fraction of sp³-hybridized carbons (Fsp3) is 0.647. The number of anilines is 1. The number of pyridine rings is 1. The number of aromatic nitrogens is 1. The van der Waals surface area contributed by atoms with Crippen molar-refractivity contribution >= 4 is 21.7 Å². The summed E-state index contributed by atoms with van der Waals surface area (Å²) in [6, 6.07) is 2.92. The van der Waals surface area contributed by atoms with Crippen LogP contribution < -0.4 is 10.6 Å². The summed E-state index contributed by atoms with van der Waals surface area (Å²) in [5, 5.41) is 5.85. The van der Waals surface area contributed by atoms with Crippen LogP contribution in [-0.2, 0) is 14.8 Å². The second-order valence-corrected chi connectivity index (χ2v) is 8.62. The van der Waals surface area contributed by atoms with Crippen molar-refractivity contribution in [2.75, 3.05) is 18.4 Å². The van der Waals surface area contributed by atoms with Gasteiger partial charge in [0, 0.05) is 37.3 Å². The van der Waals surface area contributed by atoms with E-state index in [1.54, 1.807) is 12.1 Å². The molecule has 1 heterocycles. The van der Waals surface area contributed by atoms with Gasteiger partial charge in [-0.25, -0.2) is 13.4 Å². The molecule has 0 unspecified atom stereocenters. The van der Waals surface area contributed by atoms with Crippen molar-refractivity contribution in [1.82, 2.24) is 14.6 Å². The zero-order valence-electron chi connectivity index (χ0n) is 15.9. The molecule has 0 atom stereocenters. The Bertz CT molecular complexity index is 647. The molecule has 0 bridgehead atoms. The van der Waals surface area contributed by atoms with E-state index in [9.17, 15) is 13.2 Å². The molecule has 142 valence electrons. The van der Waals surface area contributed by atoms with Gasteiger partial charge < -0.3 is 10.6 Å². The normalized spacial score (nSPS) is 12.2. The molecule has 0 fully saturated rings. The third kappa shape index (κ3) is 5.97. The van der Waals surface area contributed by atoms with Crippen molar-refractivity contribution in [1.29, 1.82) is 0 Å². The second kappa shape index (κ2) is 9.15. The summed E-state index contributed by atoms with van der Waals surface area (Å²) in [5.74, 6) is 0.518. The van der Waals surface area contributed by atoms with Gasteiger partial charge in [0.1, 0.15) is 10.7 Å². The molecule has 0 aliphatic carbocycles. The quantitative estimate of drug-likeness (QED) is 0.649. The number of hydrogen-bond acceptors (Lipinski definition) is 5. The third-order valence-electron chi connectivity index (χ3n) is 3.58. The van der Waals surface area contributed by atoms with Gasteiger partial charge in [-0.05, 0) is 39.8 Å². The Kier molecular flexibility index (Phi) is 7.82. The van der Waals surface area contributed by atoms with Crippen LogP contribution in [0.25, 0.3) is 0 Å². The second-order valence-electron chi connectivity index (χ2n) is 6.77. The molecule has 1 amide bonds. The van der Waals surface area contributed by atoms with Gasteiger partial charge in [0.15, 0.2) is 0 Å². The molecule has 0 radical (unpaired) electrons. The third-order valence-corrected chi connectivity index (χ3v) is 5.82. The van der Waals surface area contributed by atoms with Crippen molar-refractivity contribution in [3.05, 3.63) is 18.3 Å². The molecule has 0 saturated heterocycles. The monoisotopic (exact) mass is 370 g/mol.